The third-order valence-electron chi connectivity index (χ3n) is 3.40. The third kappa shape index (κ3) is 3.45. The number of hydrogen-bond donors (Lipinski definition) is 3. The van der Waals surface area contributed by atoms with Gasteiger partial charge in [-0.05, 0) is 18.5 Å². The Bertz CT molecular complexity index is 537. The molecule has 1 aliphatic rings. The molecular weight excluding hydrogens is 250 g/mol. The van der Waals surface area contributed by atoms with Crippen LogP contribution in [0.1, 0.15) is 12.0 Å². The Balaban J connectivity index is 1.59. The lowest BCUT2D eigenvalue weighted by atomic mass is 10.2. The van der Waals surface area contributed by atoms with Crippen molar-refractivity contribution in [3.63, 3.8) is 0 Å². The summed E-state index contributed by atoms with van der Waals surface area (Å²) < 4.78 is 0. The van der Waals surface area contributed by atoms with Crippen molar-refractivity contribution in [2.24, 2.45) is 0 Å². The average Bonchev–Trinajstić information content (AvgIpc) is 3.00. The van der Waals surface area contributed by atoms with Crippen LogP contribution in [0.15, 0.2) is 42.7 Å². The molecule has 3 N–H and O–H groups in total. The summed E-state index contributed by atoms with van der Waals surface area (Å²) in [5.74, 6) is 1.72. The highest BCUT2D eigenvalue weighted by Gasteiger charge is 2.14. The van der Waals surface area contributed by atoms with Gasteiger partial charge in [0.1, 0.15) is 18.0 Å². The van der Waals surface area contributed by atoms with Crippen LogP contribution in [0.3, 0.4) is 0 Å². The number of anilines is 2. The predicted octanol–water partition coefficient (Wildman–Crippen LogP) is 1.86. The van der Waals surface area contributed by atoms with E-state index in [4.69, 9.17) is 0 Å². The Labute approximate surface area is 118 Å². The number of nitrogens with zero attached hydrogens (tertiary/aromatic N) is 2. The molecule has 1 saturated heterocycles. The predicted molar refractivity (Wildman–Crippen MR) is 80.7 cm³/mol. The minimum atomic E-state index is 0.465. The van der Waals surface area contributed by atoms with Crippen molar-refractivity contribution in [1.29, 1.82) is 0 Å². The standard InChI is InChI=1S/C15H19N5/c1-2-4-12(5-3-1)9-17-14-8-15(19-11-18-14)20-13-6-7-16-10-13/h1-5,8,11,13,16H,6-7,9-10H2,(H2,17,18,19,20)/t13-/m0/s1. The van der Waals surface area contributed by atoms with Gasteiger partial charge in [-0.3, -0.25) is 0 Å². The highest BCUT2D eigenvalue weighted by molar-refractivity contribution is 5.47. The van der Waals surface area contributed by atoms with E-state index in [1.807, 2.05) is 24.3 Å². The molecule has 0 unspecified atom stereocenters. The summed E-state index contributed by atoms with van der Waals surface area (Å²) in [5, 5.41) is 10.1. The van der Waals surface area contributed by atoms with Crippen molar-refractivity contribution >= 4 is 11.6 Å². The van der Waals surface area contributed by atoms with Crippen LogP contribution in [-0.4, -0.2) is 29.1 Å². The van der Waals surface area contributed by atoms with E-state index in [1.54, 1.807) is 6.33 Å². The summed E-state index contributed by atoms with van der Waals surface area (Å²) >= 11 is 0. The van der Waals surface area contributed by atoms with Crippen molar-refractivity contribution in [1.82, 2.24) is 15.3 Å². The van der Waals surface area contributed by atoms with Gasteiger partial charge in [0.15, 0.2) is 0 Å². The van der Waals surface area contributed by atoms with Gasteiger partial charge < -0.3 is 16.0 Å². The molecule has 104 valence electrons. The zero-order chi connectivity index (χ0) is 13.6. The molecule has 0 saturated carbocycles. The van der Waals surface area contributed by atoms with Crippen LogP contribution >= 0.6 is 0 Å². The Morgan fingerprint density at radius 2 is 2.00 bits per heavy atom. The zero-order valence-electron chi connectivity index (χ0n) is 11.3. The van der Waals surface area contributed by atoms with Crippen molar-refractivity contribution < 1.29 is 0 Å². The third-order valence-corrected chi connectivity index (χ3v) is 3.40. The van der Waals surface area contributed by atoms with E-state index >= 15 is 0 Å². The number of benzene rings is 1. The maximum Gasteiger partial charge on any atom is 0.131 e. The van der Waals surface area contributed by atoms with E-state index in [0.717, 1.165) is 37.7 Å². The molecule has 0 radical (unpaired) electrons. The summed E-state index contributed by atoms with van der Waals surface area (Å²) in [5.41, 5.74) is 1.24. The second-order valence-electron chi connectivity index (χ2n) is 4.96. The molecule has 0 amide bonds. The molecule has 0 spiro atoms. The van der Waals surface area contributed by atoms with Gasteiger partial charge in [0.25, 0.3) is 0 Å². The lowest BCUT2D eigenvalue weighted by molar-refractivity contribution is 0.787. The molecule has 1 aromatic heterocycles. The maximum atomic E-state index is 4.27. The van der Waals surface area contributed by atoms with Crippen molar-refractivity contribution in [3.8, 4) is 0 Å². The summed E-state index contributed by atoms with van der Waals surface area (Å²) in [7, 11) is 0. The van der Waals surface area contributed by atoms with Gasteiger partial charge in [0, 0.05) is 25.2 Å². The molecule has 20 heavy (non-hydrogen) atoms. The monoisotopic (exact) mass is 269 g/mol. The minimum absolute atomic E-state index is 0.465. The summed E-state index contributed by atoms with van der Waals surface area (Å²) in [6.45, 7) is 2.83. The molecular formula is C15H19N5. The molecule has 5 heteroatoms. The molecule has 1 aliphatic heterocycles. The molecule has 5 nitrogen and oxygen atoms in total. The van der Waals surface area contributed by atoms with E-state index in [0.29, 0.717) is 6.04 Å². The maximum absolute atomic E-state index is 4.27. The largest absolute Gasteiger partial charge is 0.366 e. The van der Waals surface area contributed by atoms with Gasteiger partial charge in [-0.2, -0.15) is 0 Å². The SMILES string of the molecule is c1ccc(CNc2cc(N[C@H]3CCNC3)ncn2)cc1. The Morgan fingerprint density at radius 1 is 1.15 bits per heavy atom. The summed E-state index contributed by atoms with van der Waals surface area (Å²) in [6, 6.07) is 12.7. The summed E-state index contributed by atoms with van der Waals surface area (Å²) in [4.78, 5) is 8.52. The van der Waals surface area contributed by atoms with Gasteiger partial charge >= 0.3 is 0 Å². The smallest absolute Gasteiger partial charge is 0.131 e. The molecule has 1 fully saturated rings. The fourth-order valence-corrected chi connectivity index (χ4v) is 2.31. The first kappa shape index (κ1) is 12.9. The fraction of sp³-hybridized carbons (Fsp3) is 0.333. The van der Waals surface area contributed by atoms with E-state index in [1.165, 1.54) is 5.56 Å². The van der Waals surface area contributed by atoms with E-state index in [-0.39, 0.29) is 0 Å². The Kier molecular flexibility index (Phi) is 4.08. The van der Waals surface area contributed by atoms with E-state index < -0.39 is 0 Å². The normalized spacial score (nSPS) is 17.9. The molecule has 1 aromatic carbocycles. The lowest BCUT2D eigenvalue weighted by Crippen LogP contribution is -2.22. The number of aromatic nitrogens is 2. The van der Waals surface area contributed by atoms with E-state index in [9.17, 15) is 0 Å². The second-order valence-corrected chi connectivity index (χ2v) is 4.96. The van der Waals surface area contributed by atoms with Crippen LogP contribution in [0.4, 0.5) is 11.6 Å². The van der Waals surface area contributed by atoms with Crippen LogP contribution in [0.2, 0.25) is 0 Å². The van der Waals surface area contributed by atoms with Crippen LogP contribution in [0.5, 0.6) is 0 Å². The summed E-state index contributed by atoms with van der Waals surface area (Å²) in [6.07, 6.45) is 2.73. The Morgan fingerprint density at radius 3 is 2.80 bits per heavy atom. The highest BCUT2D eigenvalue weighted by atomic mass is 15.1. The first-order valence-corrected chi connectivity index (χ1v) is 6.97. The molecule has 0 aliphatic carbocycles. The minimum Gasteiger partial charge on any atom is -0.366 e. The van der Waals surface area contributed by atoms with Crippen LogP contribution < -0.4 is 16.0 Å². The van der Waals surface area contributed by atoms with Crippen molar-refractivity contribution in [2.45, 2.75) is 19.0 Å². The van der Waals surface area contributed by atoms with Gasteiger partial charge in [0.05, 0.1) is 0 Å². The van der Waals surface area contributed by atoms with Crippen LogP contribution in [-0.2, 0) is 6.54 Å². The first-order valence-electron chi connectivity index (χ1n) is 6.97. The quantitative estimate of drug-likeness (QED) is 0.773. The van der Waals surface area contributed by atoms with E-state index in [2.05, 4.69) is 38.1 Å². The van der Waals surface area contributed by atoms with Gasteiger partial charge in [-0.1, -0.05) is 30.3 Å². The average molecular weight is 269 g/mol. The van der Waals surface area contributed by atoms with Crippen molar-refractivity contribution in [2.75, 3.05) is 23.7 Å². The molecule has 2 aromatic rings. The van der Waals surface area contributed by atoms with Gasteiger partial charge in [0.2, 0.25) is 0 Å². The van der Waals surface area contributed by atoms with Crippen molar-refractivity contribution in [3.05, 3.63) is 48.3 Å². The number of rotatable bonds is 5. The zero-order valence-corrected chi connectivity index (χ0v) is 11.3. The van der Waals surface area contributed by atoms with Crippen LogP contribution in [0.25, 0.3) is 0 Å². The molecule has 2 heterocycles. The second kappa shape index (κ2) is 6.34. The molecule has 0 bridgehead atoms. The van der Waals surface area contributed by atoms with Crippen LogP contribution in [0, 0.1) is 0 Å². The molecule has 1 atom stereocenters. The first-order chi connectivity index (χ1) is 9.90. The fourth-order valence-electron chi connectivity index (χ4n) is 2.31. The lowest BCUT2D eigenvalue weighted by Gasteiger charge is -2.12. The van der Waals surface area contributed by atoms with Gasteiger partial charge in [-0.25, -0.2) is 9.97 Å². The molecule has 3 rings (SSSR count). The van der Waals surface area contributed by atoms with Gasteiger partial charge in [-0.15, -0.1) is 0 Å². The highest BCUT2D eigenvalue weighted by Crippen LogP contribution is 2.13. The topological polar surface area (TPSA) is 61.9 Å². The Hall–Kier alpha value is -2.14. The number of hydrogen-bond acceptors (Lipinski definition) is 5. The number of nitrogens with one attached hydrogen (secondary N) is 3.